The summed E-state index contributed by atoms with van der Waals surface area (Å²) in [6, 6.07) is 27.0. The summed E-state index contributed by atoms with van der Waals surface area (Å²) in [5, 5.41) is 21.7. The second kappa shape index (κ2) is 5.74. The van der Waals surface area contributed by atoms with Crippen molar-refractivity contribution >= 4 is 10.8 Å². The summed E-state index contributed by atoms with van der Waals surface area (Å²) < 4.78 is 0. The Labute approximate surface area is 140 Å². The molecule has 4 aromatic carbocycles. The van der Waals surface area contributed by atoms with Crippen LogP contribution in [0.15, 0.2) is 84.9 Å². The van der Waals surface area contributed by atoms with E-state index in [-0.39, 0.29) is 5.75 Å². The molecule has 24 heavy (non-hydrogen) atoms. The van der Waals surface area contributed by atoms with Crippen molar-refractivity contribution in [3.63, 3.8) is 0 Å². The van der Waals surface area contributed by atoms with Gasteiger partial charge in [0.1, 0.15) is 11.5 Å². The van der Waals surface area contributed by atoms with E-state index in [1.807, 2.05) is 66.7 Å². The molecule has 4 aromatic rings. The van der Waals surface area contributed by atoms with E-state index in [4.69, 9.17) is 0 Å². The topological polar surface area (TPSA) is 40.5 Å². The van der Waals surface area contributed by atoms with Crippen molar-refractivity contribution in [1.82, 2.24) is 0 Å². The molecule has 2 N–H and O–H groups in total. The minimum atomic E-state index is 0.284. The zero-order chi connectivity index (χ0) is 16.5. The first-order valence-corrected chi connectivity index (χ1v) is 7.83. The van der Waals surface area contributed by atoms with Gasteiger partial charge in [-0.3, -0.25) is 0 Å². The molecule has 2 nitrogen and oxygen atoms in total. The SMILES string of the molecule is Oc1ccccc1-c1ccc(-c2ccc3c(O)cccc3c2)cc1. The van der Waals surface area contributed by atoms with Crippen LogP contribution in [0.5, 0.6) is 11.5 Å². The van der Waals surface area contributed by atoms with Crippen LogP contribution in [0.4, 0.5) is 0 Å². The maximum atomic E-state index is 9.97. The highest BCUT2D eigenvalue weighted by Gasteiger charge is 2.05. The fourth-order valence-corrected chi connectivity index (χ4v) is 3.01. The Morgan fingerprint density at radius 1 is 0.500 bits per heavy atom. The van der Waals surface area contributed by atoms with Crippen molar-refractivity contribution in [2.24, 2.45) is 0 Å². The summed E-state index contributed by atoms with van der Waals surface area (Å²) in [5.41, 5.74) is 4.00. The highest BCUT2D eigenvalue weighted by Crippen LogP contribution is 2.32. The van der Waals surface area contributed by atoms with Crippen molar-refractivity contribution in [3.8, 4) is 33.8 Å². The van der Waals surface area contributed by atoms with Crippen molar-refractivity contribution in [2.75, 3.05) is 0 Å². The number of aromatic hydroxyl groups is 2. The van der Waals surface area contributed by atoms with E-state index in [0.29, 0.717) is 5.75 Å². The van der Waals surface area contributed by atoms with Gasteiger partial charge in [-0.25, -0.2) is 0 Å². The molecule has 0 saturated heterocycles. The molecule has 0 radical (unpaired) electrons. The van der Waals surface area contributed by atoms with Gasteiger partial charge in [-0.15, -0.1) is 0 Å². The molecule has 0 fully saturated rings. The molecular weight excluding hydrogens is 296 g/mol. The highest BCUT2D eigenvalue weighted by atomic mass is 16.3. The lowest BCUT2D eigenvalue weighted by molar-refractivity contribution is 0.477. The van der Waals surface area contributed by atoms with Crippen LogP contribution in [-0.4, -0.2) is 10.2 Å². The molecule has 0 spiro atoms. The van der Waals surface area contributed by atoms with Gasteiger partial charge < -0.3 is 10.2 Å². The fraction of sp³-hybridized carbons (Fsp3) is 0. The molecule has 0 aromatic heterocycles. The van der Waals surface area contributed by atoms with Gasteiger partial charge in [-0.1, -0.05) is 66.7 Å². The quantitative estimate of drug-likeness (QED) is 0.507. The third-order valence-corrected chi connectivity index (χ3v) is 4.29. The second-order valence-corrected chi connectivity index (χ2v) is 5.81. The van der Waals surface area contributed by atoms with Crippen LogP contribution in [0.1, 0.15) is 0 Å². The molecule has 0 bridgehead atoms. The number of rotatable bonds is 2. The average molecular weight is 312 g/mol. The number of phenolic OH excluding ortho intramolecular Hbond substituents is 2. The summed E-state index contributed by atoms with van der Waals surface area (Å²) >= 11 is 0. The highest BCUT2D eigenvalue weighted by molar-refractivity contribution is 5.91. The van der Waals surface area contributed by atoms with Crippen molar-refractivity contribution in [3.05, 3.63) is 84.9 Å². The number of phenols is 2. The Hall–Kier alpha value is -3.26. The van der Waals surface area contributed by atoms with E-state index in [9.17, 15) is 10.2 Å². The largest absolute Gasteiger partial charge is 0.507 e. The summed E-state index contributed by atoms with van der Waals surface area (Å²) in [4.78, 5) is 0. The van der Waals surface area contributed by atoms with Gasteiger partial charge in [0.05, 0.1) is 0 Å². The van der Waals surface area contributed by atoms with Gasteiger partial charge in [0.15, 0.2) is 0 Å². The maximum Gasteiger partial charge on any atom is 0.123 e. The molecule has 0 atom stereocenters. The first-order valence-electron chi connectivity index (χ1n) is 7.83. The molecule has 2 heteroatoms. The Balaban J connectivity index is 1.74. The predicted octanol–water partition coefficient (Wildman–Crippen LogP) is 5.59. The zero-order valence-corrected chi connectivity index (χ0v) is 13.0. The third-order valence-electron chi connectivity index (χ3n) is 4.29. The molecule has 0 aliphatic heterocycles. The molecule has 0 heterocycles. The van der Waals surface area contributed by atoms with Gasteiger partial charge in [-0.05, 0) is 40.3 Å². The van der Waals surface area contributed by atoms with Crippen molar-refractivity contribution in [2.45, 2.75) is 0 Å². The van der Waals surface area contributed by atoms with Crippen LogP contribution < -0.4 is 0 Å². The molecule has 116 valence electrons. The smallest absolute Gasteiger partial charge is 0.123 e. The van der Waals surface area contributed by atoms with Gasteiger partial charge in [0.25, 0.3) is 0 Å². The first kappa shape index (κ1) is 14.3. The van der Waals surface area contributed by atoms with E-state index in [2.05, 4.69) is 6.07 Å². The third kappa shape index (κ3) is 2.48. The minimum Gasteiger partial charge on any atom is -0.507 e. The number of hydrogen-bond acceptors (Lipinski definition) is 2. The van der Waals surface area contributed by atoms with Crippen LogP contribution in [0.3, 0.4) is 0 Å². The van der Waals surface area contributed by atoms with Crippen molar-refractivity contribution < 1.29 is 10.2 Å². The Morgan fingerprint density at radius 2 is 1.17 bits per heavy atom. The van der Waals surface area contributed by atoms with Crippen LogP contribution in [0.2, 0.25) is 0 Å². The second-order valence-electron chi connectivity index (χ2n) is 5.81. The molecule has 0 saturated carbocycles. The first-order chi connectivity index (χ1) is 11.7. The lowest BCUT2D eigenvalue weighted by atomic mass is 9.98. The van der Waals surface area contributed by atoms with E-state index < -0.39 is 0 Å². The lowest BCUT2D eigenvalue weighted by Gasteiger charge is -2.08. The normalized spacial score (nSPS) is 10.8. The van der Waals surface area contributed by atoms with Crippen LogP contribution in [-0.2, 0) is 0 Å². The van der Waals surface area contributed by atoms with Gasteiger partial charge in [0, 0.05) is 10.9 Å². The summed E-state index contributed by atoms with van der Waals surface area (Å²) in [5.74, 6) is 0.584. The van der Waals surface area contributed by atoms with Gasteiger partial charge in [0.2, 0.25) is 0 Å². The van der Waals surface area contributed by atoms with Crippen molar-refractivity contribution in [1.29, 1.82) is 0 Å². The van der Waals surface area contributed by atoms with Crippen LogP contribution in [0.25, 0.3) is 33.0 Å². The monoisotopic (exact) mass is 312 g/mol. The lowest BCUT2D eigenvalue weighted by Crippen LogP contribution is -1.82. The number of benzene rings is 4. The maximum absolute atomic E-state index is 9.97. The Morgan fingerprint density at radius 3 is 1.96 bits per heavy atom. The summed E-state index contributed by atoms with van der Waals surface area (Å²) in [6.07, 6.45) is 0. The Bertz CT molecular complexity index is 1020. The average Bonchev–Trinajstić information content (AvgIpc) is 2.62. The van der Waals surface area contributed by atoms with Gasteiger partial charge >= 0.3 is 0 Å². The summed E-state index contributed by atoms with van der Waals surface area (Å²) in [6.45, 7) is 0. The van der Waals surface area contributed by atoms with E-state index in [0.717, 1.165) is 33.0 Å². The molecule has 0 aliphatic rings. The number of hydrogen-bond donors (Lipinski definition) is 2. The molecule has 0 unspecified atom stereocenters. The summed E-state index contributed by atoms with van der Waals surface area (Å²) in [7, 11) is 0. The molecule has 0 aliphatic carbocycles. The van der Waals surface area contributed by atoms with Crippen LogP contribution >= 0.6 is 0 Å². The van der Waals surface area contributed by atoms with E-state index in [1.165, 1.54) is 0 Å². The fourth-order valence-electron chi connectivity index (χ4n) is 3.01. The minimum absolute atomic E-state index is 0.284. The van der Waals surface area contributed by atoms with E-state index >= 15 is 0 Å². The van der Waals surface area contributed by atoms with E-state index in [1.54, 1.807) is 12.1 Å². The number of fused-ring (bicyclic) bond motifs is 1. The Kier molecular flexibility index (Phi) is 3.43. The molecule has 0 amide bonds. The standard InChI is InChI=1S/C22H16O2/c23-21-6-2-1-5-19(21)16-10-8-15(9-11-16)17-12-13-20-18(14-17)4-3-7-22(20)24/h1-14,23-24H. The molecule has 4 rings (SSSR count). The van der Waals surface area contributed by atoms with Gasteiger partial charge in [-0.2, -0.15) is 0 Å². The predicted molar refractivity (Wildman–Crippen MR) is 98.1 cm³/mol. The van der Waals surface area contributed by atoms with Crippen LogP contribution in [0, 0.1) is 0 Å². The number of para-hydroxylation sites is 1. The zero-order valence-electron chi connectivity index (χ0n) is 13.0. The molecular formula is C22H16O2.